The Morgan fingerprint density at radius 3 is 2.91 bits per heavy atom. The number of fused-ring (bicyclic) bond motifs is 1. The summed E-state index contributed by atoms with van der Waals surface area (Å²) in [6, 6.07) is 8.55. The molecular weight excluding hydrogens is 318 g/mol. The van der Waals surface area contributed by atoms with E-state index in [1.807, 2.05) is 0 Å². The summed E-state index contributed by atoms with van der Waals surface area (Å²) in [5, 5.41) is 14.1. The van der Waals surface area contributed by atoms with Gasteiger partial charge in [-0.25, -0.2) is 0 Å². The Morgan fingerprint density at radius 1 is 1.35 bits per heavy atom. The highest BCUT2D eigenvalue weighted by Gasteiger charge is 2.36. The van der Waals surface area contributed by atoms with Crippen molar-refractivity contribution in [3.05, 3.63) is 52.9 Å². The molecule has 1 aliphatic rings. The normalized spacial score (nSPS) is 19.9. The van der Waals surface area contributed by atoms with Crippen LogP contribution in [0.4, 0.5) is 0 Å². The lowest BCUT2D eigenvalue weighted by Crippen LogP contribution is -2.43. The molecule has 0 spiro atoms. The van der Waals surface area contributed by atoms with Gasteiger partial charge in [-0.2, -0.15) is 0 Å². The number of amides is 1. The molecule has 6 heteroatoms. The van der Waals surface area contributed by atoms with E-state index < -0.39 is 5.60 Å². The summed E-state index contributed by atoms with van der Waals surface area (Å²) in [5.74, 6) is 1.08. The number of furan rings is 1. The Hall–Kier alpha value is -1.98. The number of benzene rings is 1. The summed E-state index contributed by atoms with van der Waals surface area (Å²) in [6.45, 7) is 0.0261. The summed E-state index contributed by atoms with van der Waals surface area (Å²) in [7, 11) is 0. The highest BCUT2D eigenvalue weighted by atomic mass is 35.5. The van der Waals surface area contributed by atoms with Crippen molar-refractivity contribution in [2.45, 2.75) is 24.9 Å². The molecule has 1 atom stereocenters. The van der Waals surface area contributed by atoms with E-state index in [1.165, 1.54) is 0 Å². The van der Waals surface area contributed by atoms with Crippen LogP contribution in [-0.4, -0.2) is 24.2 Å². The first kappa shape index (κ1) is 15.9. The van der Waals surface area contributed by atoms with Crippen molar-refractivity contribution < 1.29 is 19.1 Å². The monoisotopic (exact) mass is 335 g/mol. The van der Waals surface area contributed by atoms with Gasteiger partial charge in [0.15, 0.2) is 6.61 Å². The Morgan fingerprint density at radius 2 is 2.13 bits per heavy atom. The van der Waals surface area contributed by atoms with E-state index in [-0.39, 0.29) is 19.1 Å². The van der Waals surface area contributed by atoms with E-state index in [0.717, 1.165) is 24.2 Å². The van der Waals surface area contributed by atoms with Crippen molar-refractivity contribution in [2.24, 2.45) is 0 Å². The summed E-state index contributed by atoms with van der Waals surface area (Å²) in [4.78, 5) is 11.9. The molecule has 0 bridgehead atoms. The van der Waals surface area contributed by atoms with E-state index in [4.69, 9.17) is 20.8 Å². The van der Waals surface area contributed by atoms with Crippen molar-refractivity contribution in [3.8, 4) is 5.75 Å². The molecule has 2 aromatic rings. The number of carbonyl (C=O) groups excluding carboxylic acids is 1. The molecule has 1 heterocycles. The van der Waals surface area contributed by atoms with Crippen LogP contribution in [0, 0.1) is 0 Å². The Kier molecular flexibility index (Phi) is 4.59. The summed E-state index contributed by atoms with van der Waals surface area (Å²) >= 11 is 5.79. The minimum atomic E-state index is -1.07. The largest absolute Gasteiger partial charge is 0.484 e. The minimum absolute atomic E-state index is 0.115. The molecular formula is C17H18ClNO4. The second-order valence-electron chi connectivity index (χ2n) is 5.66. The third-order valence-electron chi connectivity index (χ3n) is 4.00. The Bertz CT molecular complexity index is 682. The van der Waals surface area contributed by atoms with Gasteiger partial charge in [-0.15, -0.1) is 0 Å². The van der Waals surface area contributed by atoms with E-state index in [9.17, 15) is 9.90 Å². The molecule has 0 saturated heterocycles. The average molecular weight is 336 g/mol. The van der Waals surface area contributed by atoms with Gasteiger partial charge in [-0.1, -0.05) is 11.6 Å². The van der Waals surface area contributed by atoms with E-state index in [1.54, 1.807) is 36.6 Å². The quantitative estimate of drug-likeness (QED) is 0.881. The first-order chi connectivity index (χ1) is 11.1. The van der Waals surface area contributed by atoms with Crippen LogP contribution in [0.1, 0.15) is 24.2 Å². The standard InChI is InChI=1S/C17H18ClNO4/c18-12-3-5-13(6-4-12)23-10-16(20)19-11-17(21)8-1-2-15-14(17)7-9-22-15/h3-7,9,21H,1-2,8,10-11H2,(H,19,20). The maximum atomic E-state index is 11.9. The van der Waals surface area contributed by atoms with Crippen LogP contribution in [0.5, 0.6) is 5.75 Å². The topological polar surface area (TPSA) is 71.7 Å². The van der Waals surface area contributed by atoms with Gasteiger partial charge in [0.25, 0.3) is 5.91 Å². The number of halogens is 1. The number of hydrogen-bond donors (Lipinski definition) is 2. The molecule has 1 unspecified atom stereocenters. The molecule has 3 rings (SSSR count). The van der Waals surface area contributed by atoms with Gasteiger partial charge >= 0.3 is 0 Å². The van der Waals surface area contributed by atoms with Crippen LogP contribution in [-0.2, 0) is 16.8 Å². The van der Waals surface area contributed by atoms with Gasteiger partial charge < -0.3 is 19.6 Å². The molecule has 1 aliphatic carbocycles. The fraction of sp³-hybridized carbons (Fsp3) is 0.353. The molecule has 2 N–H and O–H groups in total. The molecule has 5 nitrogen and oxygen atoms in total. The number of ether oxygens (including phenoxy) is 1. The maximum Gasteiger partial charge on any atom is 0.258 e. The van der Waals surface area contributed by atoms with E-state index in [2.05, 4.69) is 5.32 Å². The molecule has 0 radical (unpaired) electrons. The van der Waals surface area contributed by atoms with Crippen molar-refractivity contribution in [1.82, 2.24) is 5.32 Å². The van der Waals surface area contributed by atoms with Crippen molar-refractivity contribution in [1.29, 1.82) is 0 Å². The number of aliphatic hydroxyl groups is 1. The van der Waals surface area contributed by atoms with Crippen LogP contribution >= 0.6 is 11.6 Å². The van der Waals surface area contributed by atoms with Crippen LogP contribution in [0.15, 0.2) is 41.0 Å². The smallest absolute Gasteiger partial charge is 0.258 e. The molecule has 0 fully saturated rings. The van der Waals surface area contributed by atoms with Gasteiger partial charge in [0.05, 0.1) is 12.8 Å². The SMILES string of the molecule is O=C(COc1ccc(Cl)cc1)NCC1(O)CCCc2occc21. The minimum Gasteiger partial charge on any atom is -0.484 e. The lowest BCUT2D eigenvalue weighted by molar-refractivity contribution is -0.124. The molecule has 1 aromatic carbocycles. The fourth-order valence-corrected chi connectivity index (χ4v) is 2.91. The molecule has 0 saturated carbocycles. The summed E-state index contributed by atoms with van der Waals surface area (Å²) in [6.07, 6.45) is 3.82. The number of hydrogen-bond acceptors (Lipinski definition) is 4. The van der Waals surface area contributed by atoms with E-state index in [0.29, 0.717) is 17.2 Å². The van der Waals surface area contributed by atoms with Gasteiger partial charge in [0.1, 0.15) is 17.1 Å². The third-order valence-corrected chi connectivity index (χ3v) is 4.25. The highest BCUT2D eigenvalue weighted by Crippen LogP contribution is 2.35. The predicted octanol–water partition coefficient (Wildman–Crippen LogP) is 2.65. The zero-order chi connectivity index (χ0) is 16.3. The average Bonchev–Trinajstić information content (AvgIpc) is 3.03. The predicted molar refractivity (Wildman–Crippen MR) is 85.5 cm³/mol. The maximum absolute atomic E-state index is 11.9. The summed E-state index contributed by atoms with van der Waals surface area (Å²) in [5.41, 5.74) is -0.307. The number of aryl methyl sites for hydroxylation is 1. The second kappa shape index (κ2) is 6.64. The molecule has 1 aromatic heterocycles. The lowest BCUT2D eigenvalue weighted by Gasteiger charge is -2.31. The first-order valence-electron chi connectivity index (χ1n) is 7.51. The molecule has 122 valence electrons. The highest BCUT2D eigenvalue weighted by molar-refractivity contribution is 6.30. The van der Waals surface area contributed by atoms with Gasteiger partial charge in [0.2, 0.25) is 0 Å². The molecule has 23 heavy (non-hydrogen) atoms. The third kappa shape index (κ3) is 3.68. The Balaban J connectivity index is 1.52. The van der Waals surface area contributed by atoms with Gasteiger partial charge in [-0.3, -0.25) is 4.79 Å². The van der Waals surface area contributed by atoms with E-state index >= 15 is 0 Å². The van der Waals surface area contributed by atoms with Crippen molar-refractivity contribution >= 4 is 17.5 Å². The molecule has 0 aliphatic heterocycles. The van der Waals surface area contributed by atoms with Crippen molar-refractivity contribution in [3.63, 3.8) is 0 Å². The zero-order valence-electron chi connectivity index (χ0n) is 12.5. The molecule has 1 amide bonds. The number of nitrogens with one attached hydrogen (secondary N) is 1. The van der Waals surface area contributed by atoms with Gasteiger partial charge in [0, 0.05) is 17.0 Å². The fourth-order valence-electron chi connectivity index (χ4n) is 2.78. The van der Waals surface area contributed by atoms with Gasteiger partial charge in [-0.05, 0) is 43.2 Å². The second-order valence-corrected chi connectivity index (χ2v) is 6.10. The number of rotatable bonds is 5. The van der Waals surface area contributed by atoms with Crippen LogP contribution in [0.25, 0.3) is 0 Å². The summed E-state index contributed by atoms with van der Waals surface area (Å²) < 4.78 is 10.7. The lowest BCUT2D eigenvalue weighted by atomic mass is 9.83. The van der Waals surface area contributed by atoms with Crippen LogP contribution in [0.3, 0.4) is 0 Å². The zero-order valence-corrected chi connectivity index (χ0v) is 13.3. The first-order valence-corrected chi connectivity index (χ1v) is 7.89. The van der Waals surface area contributed by atoms with Crippen molar-refractivity contribution in [2.75, 3.05) is 13.2 Å². The van der Waals surface area contributed by atoms with Crippen LogP contribution in [0.2, 0.25) is 5.02 Å². The number of carbonyl (C=O) groups is 1. The van der Waals surface area contributed by atoms with Crippen LogP contribution < -0.4 is 10.1 Å². The Labute approximate surface area is 139 Å².